The van der Waals surface area contributed by atoms with Gasteiger partial charge in [0.2, 0.25) is 0 Å². The second kappa shape index (κ2) is 4.01. The lowest BCUT2D eigenvalue weighted by Crippen LogP contribution is -2.09. The molecular formula is C7H6N4O2. The highest BCUT2D eigenvalue weighted by Crippen LogP contribution is 2.00. The third-order valence-corrected chi connectivity index (χ3v) is 1.20. The van der Waals surface area contributed by atoms with E-state index in [4.69, 9.17) is 10.4 Å². The summed E-state index contributed by atoms with van der Waals surface area (Å²) in [6, 6.07) is 1.90. The summed E-state index contributed by atoms with van der Waals surface area (Å²) in [7, 11) is 0. The molecule has 0 aliphatic rings. The van der Waals surface area contributed by atoms with Crippen molar-refractivity contribution in [2.24, 2.45) is 0 Å². The number of aromatic nitrogens is 2. The average Bonchev–Trinajstić information content (AvgIpc) is 2.08. The van der Waals surface area contributed by atoms with Crippen LogP contribution in [-0.4, -0.2) is 21.2 Å². The van der Waals surface area contributed by atoms with Crippen molar-refractivity contribution in [1.29, 1.82) is 5.26 Å². The summed E-state index contributed by atoms with van der Waals surface area (Å²) in [5.41, 5.74) is 0.512. The molecule has 2 N–H and O–H groups in total. The van der Waals surface area contributed by atoms with E-state index in [1.165, 1.54) is 12.4 Å². The molecule has 0 bridgehead atoms. The standard InChI is InChI=1S/C7H6N4O2/c8-2-1-5-3-10-6(4-9-5)11-7(12)13/h3-4H,1H2,(H,10,11)(H,12,13). The zero-order valence-corrected chi connectivity index (χ0v) is 6.56. The first-order chi connectivity index (χ1) is 6.22. The van der Waals surface area contributed by atoms with Crippen LogP contribution in [0.15, 0.2) is 12.4 Å². The Morgan fingerprint density at radius 3 is 2.85 bits per heavy atom. The molecule has 0 aliphatic carbocycles. The van der Waals surface area contributed by atoms with Gasteiger partial charge in [0.25, 0.3) is 0 Å². The van der Waals surface area contributed by atoms with Gasteiger partial charge in [0, 0.05) is 0 Å². The van der Waals surface area contributed by atoms with Crippen molar-refractivity contribution in [2.75, 3.05) is 5.32 Å². The van der Waals surface area contributed by atoms with Gasteiger partial charge >= 0.3 is 6.09 Å². The van der Waals surface area contributed by atoms with Crippen LogP contribution in [0.1, 0.15) is 5.69 Å². The summed E-state index contributed by atoms with van der Waals surface area (Å²) in [4.78, 5) is 17.7. The number of hydrogen-bond donors (Lipinski definition) is 2. The van der Waals surface area contributed by atoms with Crippen molar-refractivity contribution in [3.63, 3.8) is 0 Å². The summed E-state index contributed by atoms with van der Waals surface area (Å²) in [5.74, 6) is 0.147. The average molecular weight is 178 g/mol. The molecule has 6 heteroatoms. The molecule has 0 fully saturated rings. The molecule has 0 atom stereocenters. The summed E-state index contributed by atoms with van der Waals surface area (Å²) in [6.07, 6.45) is 1.60. The molecule has 0 aromatic carbocycles. The number of carboxylic acid groups (broad SMARTS) is 1. The first-order valence-electron chi connectivity index (χ1n) is 3.40. The third-order valence-electron chi connectivity index (χ3n) is 1.20. The molecule has 1 heterocycles. The second-order valence-electron chi connectivity index (χ2n) is 2.16. The highest BCUT2D eigenvalue weighted by molar-refractivity contribution is 5.80. The van der Waals surface area contributed by atoms with Gasteiger partial charge in [-0.3, -0.25) is 10.3 Å². The molecule has 0 saturated carbocycles. The van der Waals surface area contributed by atoms with E-state index in [1.54, 1.807) is 0 Å². The van der Waals surface area contributed by atoms with Gasteiger partial charge in [-0.15, -0.1) is 0 Å². The molecule has 0 unspecified atom stereocenters. The van der Waals surface area contributed by atoms with Crippen LogP contribution in [0.2, 0.25) is 0 Å². The molecule has 0 aliphatic heterocycles. The minimum atomic E-state index is -1.19. The van der Waals surface area contributed by atoms with Gasteiger partial charge in [-0.1, -0.05) is 0 Å². The SMILES string of the molecule is N#CCc1cnc(NC(=O)O)cn1. The molecule has 1 aromatic rings. The predicted molar refractivity (Wildman–Crippen MR) is 43.0 cm³/mol. The monoisotopic (exact) mass is 178 g/mol. The van der Waals surface area contributed by atoms with Crippen LogP contribution in [0.5, 0.6) is 0 Å². The van der Waals surface area contributed by atoms with Crippen LogP contribution in [0.4, 0.5) is 10.6 Å². The summed E-state index contributed by atoms with van der Waals surface area (Å²) < 4.78 is 0. The van der Waals surface area contributed by atoms with Crippen LogP contribution in [-0.2, 0) is 6.42 Å². The Labute approximate surface area is 73.9 Å². The van der Waals surface area contributed by atoms with E-state index in [0.29, 0.717) is 5.69 Å². The Morgan fingerprint density at radius 2 is 2.38 bits per heavy atom. The molecule has 0 radical (unpaired) electrons. The number of rotatable bonds is 2. The van der Waals surface area contributed by atoms with Gasteiger partial charge in [0.1, 0.15) is 0 Å². The number of hydrogen-bond acceptors (Lipinski definition) is 4. The van der Waals surface area contributed by atoms with Crippen molar-refractivity contribution in [3.05, 3.63) is 18.1 Å². The zero-order chi connectivity index (χ0) is 9.68. The number of nitrogens with one attached hydrogen (secondary N) is 1. The van der Waals surface area contributed by atoms with Crippen molar-refractivity contribution in [2.45, 2.75) is 6.42 Å². The third kappa shape index (κ3) is 2.75. The maximum atomic E-state index is 10.1. The molecule has 0 saturated heterocycles. The first-order valence-corrected chi connectivity index (χ1v) is 3.40. The Hall–Kier alpha value is -2.16. The van der Waals surface area contributed by atoms with E-state index in [1.807, 2.05) is 11.4 Å². The van der Waals surface area contributed by atoms with Gasteiger partial charge in [-0.25, -0.2) is 9.78 Å². The zero-order valence-electron chi connectivity index (χ0n) is 6.56. The number of carbonyl (C=O) groups is 1. The minimum absolute atomic E-state index is 0.147. The van der Waals surface area contributed by atoms with E-state index >= 15 is 0 Å². The molecule has 6 nitrogen and oxygen atoms in total. The lowest BCUT2D eigenvalue weighted by atomic mass is 10.3. The fourth-order valence-electron chi connectivity index (χ4n) is 0.701. The first kappa shape index (κ1) is 8.93. The van der Waals surface area contributed by atoms with Crippen LogP contribution in [0.3, 0.4) is 0 Å². The second-order valence-corrected chi connectivity index (χ2v) is 2.16. The highest BCUT2D eigenvalue weighted by atomic mass is 16.4. The van der Waals surface area contributed by atoms with Gasteiger partial charge < -0.3 is 5.11 Å². The van der Waals surface area contributed by atoms with E-state index in [-0.39, 0.29) is 12.2 Å². The summed E-state index contributed by atoms with van der Waals surface area (Å²) in [5, 5.41) is 18.6. The molecule has 1 amide bonds. The van der Waals surface area contributed by atoms with Gasteiger partial charge in [0.05, 0.1) is 30.6 Å². The number of nitriles is 1. The van der Waals surface area contributed by atoms with Crippen LogP contribution in [0.25, 0.3) is 0 Å². The lowest BCUT2D eigenvalue weighted by Gasteiger charge is -1.98. The maximum Gasteiger partial charge on any atom is 0.410 e. The van der Waals surface area contributed by atoms with Crippen molar-refractivity contribution < 1.29 is 9.90 Å². The Balaban J connectivity index is 2.70. The Kier molecular flexibility index (Phi) is 2.76. The minimum Gasteiger partial charge on any atom is -0.465 e. The predicted octanol–water partition coefficient (Wildman–Crippen LogP) is 0.633. The normalized spacial score (nSPS) is 8.85. The number of amides is 1. The molecule has 13 heavy (non-hydrogen) atoms. The maximum absolute atomic E-state index is 10.1. The largest absolute Gasteiger partial charge is 0.465 e. The Morgan fingerprint density at radius 1 is 1.62 bits per heavy atom. The quantitative estimate of drug-likeness (QED) is 0.691. The van der Waals surface area contributed by atoms with E-state index in [0.717, 1.165) is 0 Å². The van der Waals surface area contributed by atoms with E-state index in [9.17, 15) is 4.79 Å². The summed E-state index contributed by atoms with van der Waals surface area (Å²) >= 11 is 0. The van der Waals surface area contributed by atoms with Crippen LogP contribution < -0.4 is 5.32 Å². The fraction of sp³-hybridized carbons (Fsp3) is 0.143. The molecular weight excluding hydrogens is 172 g/mol. The van der Waals surface area contributed by atoms with E-state index < -0.39 is 6.09 Å². The van der Waals surface area contributed by atoms with Gasteiger partial charge in [-0.05, 0) is 0 Å². The van der Waals surface area contributed by atoms with Crippen LogP contribution in [0, 0.1) is 11.3 Å². The number of anilines is 1. The van der Waals surface area contributed by atoms with Crippen molar-refractivity contribution >= 4 is 11.9 Å². The molecule has 0 spiro atoms. The van der Waals surface area contributed by atoms with Crippen LogP contribution >= 0.6 is 0 Å². The number of nitrogens with zero attached hydrogens (tertiary/aromatic N) is 3. The fourth-order valence-corrected chi connectivity index (χ4v) is 0.701. The molecule has 66 valence electrons. The molecule has 1 aromatic heterocycles. The van der Waals surface area contributed by atoms with Gasteiger partial charge in [0.15, 0.2) is 5.82 Å². The van der Waals surface area contributed by atoms with Gasteiger partial charge in [-0.2, -0.15) is 5.26 Å². The summed E-state index contributed by atoms with van der Waals surface area (Å²) in [6.45, 7) is 0. The topological polar surface area (TPSA) is 98.9 Å². The smallest absolute Gasteiger partial charge is 0.410 e. The van der Waals surface area contributed by atoms with Crippen molar-refractivity contribution in [1.82, 2.24) is 9.97 Å². The lowest BCUT2D eigenvalue weighted by molar-refractivity contribution is 0.209. The van der Waals surface area contributed by atoms with Crippen molar-refractivity contribution in [3.8, 4) is 6.07 Å². The Bertz CT molecular complexity index is 341. The van der Waals surface area contributed by atoms with E-state index in [2.05, 4.69) is 9.97 Å². The highest BCUT2D eigenvalue weighted by Gasteiger charge is 1.99. The molecule has 1 rings (SSSR count).